The number of hydrogen-bond donors (Lipinski definition) is 0. The van der Waals surface area contributed by atoms with Crippen molar-refractivity contribution in [2.75, 3.05) is 6.61 Å². The number of esters is 1. The average molecular weight is 409 g/mol. The first kappa shape index (κ1) is 21.9. The fourth-order valence-corrected chi connectivity index (χ4v) is 4.01. The van der Waals surface area contributed by atoms with E-state index in [4.69, 9.17) is 4.74 Å². The zero-order valence-corrected chi connectivity index (χ0v) is 18.3. The second-order valence-electron chi connectivity index (χ2n) is 9.18. The summed E-state index contributed by atoms with van der Waals surface area (Å²) in [4.78, 5) is 24.5. The van der Waals surface area contributed by atoms with Crippen molar-refractivity contribution in [3.63, 3.8) is 0 Å². The fourth-order valence-electron chi connectivity index (χ4n) is 4.01. The van der Waals surface area contributed by atoms with E-state index in [1.54, 1.807) is 6.92 Å². The number of halogens is 1. The third kappa shape index (κ3) is 4.38. The molecule has 0 amide bonds. The third-order valence-corrected chi connectivity index (χ3v) is 6.06. The molecule has 0 heterocycles. The van der Waals surface area contributed by atoms with Gasteiger partial charge in [0.2, 0.25) is 0 Å². The van der Waals surface area contributed by atoms with Crippen LogP contribution in [0, 0.1) is 5.82 Å². The number of allylic oxidation sites excluding steroid dienone is 1. The third-order valence-electron chi connectivity index (χ3n) is 6.06. The van der Waals surface area contributed by atoms with Crippen molar-refractivity contribution in [1.82, 2.24) is 0 Å². The Morgan fingerprint density at radius 1 is 0.967 bits per heavy atom. The Hall–Kier alpha value is -2.75. The molecule has 0 N–H and O–H groups in total. The standard InChI is InChI=1S/C26H29FO3/c1-6-30-24(29)19-8-7-17(22(27)16-19)10-12-23(28)18-9-11-20-21(15-18)26(4,5)14-13-25(20,2)3/h7-12,15-16H,6,13-14H2,1-5H3/b12-10+. The van der Waals surface area contributed by atoms with Gasteiger partial charge in [0.25, 0.3) is 0 Å². The molecule has 1 aliphatic rings. The highest BCUT2D eigenvalue weighted by Crippen LogP contribution is 2.45. The van der Waals surface area contributed by atoms with Crippen molar-refractivity contribution in [2.24, 2.45) is 0 Å². The number of carbonyl (C=O) groups excluding carboxylic acids is 2. The van der Waals surface area contributed by atoms with Crippen LogP contribution in [0.5, 0.6) is 0 Å². The zero-order chi connectivity index (χ0) is 22.1. The predicted molar refractivity (Wildman–Crippen MR) is 117 cm³/mol. The Bertz CT molecular complexity index is 1010. The molecule has 0 unspecified atom stereocenters. The first-order valence-corrected chi connectivity index (χ1v) is 10.4. The molecule has 0 aliphatic heterocycles. The quantitative estimate of drug-likeness (QED) is 0.334. The summed E-state index contributed by atoms with van der Waals surface area (Å²) < 4.78 is 19.2. The van der Waals surface area contributed by atoms with E-state index >= 15 is 0 Å². The molecule has 158 valence electrons. The molecule has 3 nitrogen and oxygen atoms in total. The Morgan fingerprint density at radius 2 is 1.60 bits per heavy atom. The van der Waals surface area contributed by atoms with Gasteiger partial charge < -0.3 is 4.74 Å². The number of carbonyl (C=O) groups is 2. The van der Waals surface area contributed by atoms with E-state index in [1.807, 2.05) is 12.1 Å². The second kappa shape index (κ2) is 8.17. The Kier molecular flexibility index (Phi) is 5.98. The van der Waals surface area contributed by atoms with Crippen LogP contribution in [-0.4, -0.2) is 18.4 Å². The maximum absolute atomic E-state index is 14.3. The van der Waals surface area contributed by atoms with E-state index in [0.717, 1.165) is 18.9 Å². The number of fused-ring (bicyclic) bond motifs is 1. The minimum atomic E-state index is -0.571. The van der Waals surface area contributed by atoms with Crippen molar-refractivity contribution in [1.29, 1.82) is 0 Å². The van der Waals surface area contributed by atoms with Gasteiger partial charge in [-0.1, -0.05) is 45.9 Å². The van der Waals surface area contributed by atoms with Crippen molar-refractivity contribution >= 4 is 17.8 Å². The van der Waals surface area contributed by atoms with Crippen LogP contribution in [-0.2, 0) is 15.6 Å². The summed E-state index contributed by atoms with van der Waals surface area (Å²) in [5.74, 6) is -1.31. The van der Waals surface area contributed by atoms with Gasteiger partial charge in [-0.2, -0.15) is 0 Å². The minimum Gasteiger partial charge on any atom is -0.462 e. The molecule has 0 bridgehead atoms. The lowest BCUT2D eigenvalue weighted by molar-refractivity contribution is 0.0525. The Labute approximate surface area is 178 Å². The smallest absolute Gasteiger partial charge is 0.338 e. The monoisotopic (exact) mass is 408 g/mol. The summed E-state index contributed by atoms with van der Waals surface area (Å²) in [5.41, 5.74) is 3.60. The van der Waals surface area contributed by atoms with Gasteiger partial charge in [-0.3, -0.25) is 4.79 Å². The Balaban J connectivity index is 1.85. The second-order valence-corrected chi connectivity index (χ2v) is 9.18. The zero-order valence-electron chi connectivity index (χ0n) is 18.3. The van der Waals surface area contributed by atoms with Crippen LogP contribution in [0.4, 0.5) is 4.39 Å². The van der Waals surface area contributed by atoms with Crippen molar-refractivity contribution in [2.45, 2.75) is 58.3 Å². The number of ketones is 1. The van der Waals surface area contributed by atoms with E-state index in [1.165, 1.54) is 35.4 Å². The highest BCUT2D eigenvalue weighted by molar-refractivity contribution is 6.07. The van der Waals surface area contributed by atoms with Crippen LogP contribution in [0.25, 0.3) is 6.08 Å². The number of hydrogen-bond acceptors (Lipinski definition) is 3. The molecule has 0 saturated heterocycles. The molecule has 3 rings (SSSR count). The normalized spacial score (nSPS) is 16.9. The van der Waals surface area contributed by atoms with Crippen LogP contribution >= 0.6 is 0 Å². The van der Waals surface area contributed by atoms with Crippen LogP contribution in [0.3, 0.4) is 0 Å². The molecular formula is C26H29FO3. The van der Waals surface area contributed by atoms with Gasteiger partial charge in [-0.25, -0.2) is 9.18 Å². The predicted octanol–water partition coefficient (Wildman–Crippen LogP) is 6.25. The molecule has 2 aromatic carbocycles. The molecule has 2 aromatic rings. The van der Waals surface area contributed by atoms with Gasteiger partial charge in [-0.15, -0.1) is 0 Å². The average Bonchev–Trinajstić information content (AvgIpc) is 2.70. The molecule has 0 aromatic heterocycles. The lowest BCUT2D eigenvalue weighted by Gasteiger charge is -2.42. The fraction of sp³-hybridized carbons (Fsp3) is 0.385. The molecule has 30 heavy (non-hydrogen) atoms. The lowest BCUT2D eigenvalue weighted by atomic mass is 9.63. The van der Waals surface area contributed by atoms with Crippen molar-refractivity contribution < 1.29 is 18.7 Å². The van der Waals surface area contributed by atoms with Gasteiger partial charge in [0.05, 0.1) is 12.2 Å². The molecule has 0 spiro atoms. The minimum absolute atomic E-state index is 0.0138. The highest BCUT2D eigenvalue weighted by atomic mass is 19.1. The van der Waals surface area contributed by atoms with Crippen molar-refractivity contribution in [3.8, 4) is 0 Å². The number of benzene rings is 2. The summed E-state index contributed by atoms with van der Waals surface area (Å²) >= 11 is 0. The van der Waals surface area contributed by atoms with Gasteiger partial charge in [-0.05, 0) is 72.1 Å². The topological polar surface area (TPSA) is 43.4 Å². The molecule has 0 saturated carbocycles. The van der Waals surface area contributed by atoms with E-state index in [-0.39, 0.29) is 34.3 Å². The van der Waals surface area contributed by atoms with Crippen LogP contribution in [0.15, 0.2) is 42.5 Å². The summed E-state index contributed by atoms with van der Waals surface area (Å²) in [6.45, 7) is 10.8. The first-order chi connectivity index (χ1) is 14.0. The van der Waals surface area contributed by atoms with E-state index < -0.39 is 11.8 Å². The molecular weight excluding hydrogens is 379 g/mol. The molecule has 0 fully saturated rings. The van der Waals surface area contributed by atoms with Gasteiger partial charge >= 0.3 is 5.97 Å². The summed E-state index contributed by atoms with van der Waals surface area (Å²) in [5, 5.41) is 0. The van der Waals surface area contributed by atoms with Crippen LogP contribution in [0.1, 0.15) is 84.9 Å². The summed E-state index contributed by atoms with van der Waals surface area (Å²) in [6, 6.07) is 10.0. The SMILES string of the molecule is CCOC(=O)c1ccc(/C=C/C(=O)c2ccc3c(c2)C(C)(C)CCC3(C)C)c(F)c1. The molecule has 0 atom stereocenters. The Morgan fingerprint density at radius 3 is 2.23 bits per heavy atom. The van der Waals surface area contributed by atoms with E-state index in [2.05, 4.69) is 33.8 Å². The van der Waals surface area contributed by atoms with Crippen molar-refractivity contribution in [3.05, 3.63) is 76.1 Å². The summed E-state index contributed by atoms with van der Waals surface area (Å²) in [7, 11) is 0. The van der Waals surface area contributed by atoms with Crippen LogP contribution in [0.2, 0.25) is 0 Å². The number of ether oxygens (including phenoxy) is 1. The van der Waals surface area contributed by atoms with E-state index in [0.29, 0.717) is 5.56 Å². The molecule has 0 radical (unpaired) electrons. The maximum Gasteiger partial charge on any atom is 0.338 e. The first-order valence-electron chi connectivity index (χ1n) is 10.4. The molecule has 4 heteroatoms. The largest absolute Gasteiger partial charge is 0.462 e. The lowest BCUT2D eigenvalue weighted by Crippen LogP contribution is -2.34. The maximum atomic E-state index is 14.3. The van der Waals surface area contributed by atoms with Gasteiger partial charge in [0, 0.05) is 11.1 Å². The van der Waals surface area contributed by atoms with Gasteiger partial charge in [0.1, 0.15) is 5.82 Å². The van der Waals surface area contributed by atoms with Crippen LogP contribution < -0.4 is 0 Å². The highest BCUT2D eigenvalue weighted by Gasteiger charge is 2.37. The molecule has 1 aliphatic carbocycles. The van der Waals surface area contributed by atoms with Gasteiger partial charge in [0.15, 0.2) is 5.78 Å². The number of rotatable bonds is 5. The van der Waals surface area contributed by atoms with E-state index in [9.17, 15) is 14.0 Å². The summed E-state index contributed by atoms with van der Waals surface area (Å²) in [6.07, 6.45) is 5.01.